The first kappa shape index (κ1) is 11.9. The lowest BCUT2D eigenvalue weighted by molar-refractivity contribution is 0.0993. The Morgan fingerprint density at radius 2 is 1.94 bits per heavy atom. The zero-order valence-electron chi connectivity index (χ0n) is 8.86. The summed E-state index contributed by atoms with van der Waals surface area (Å²) in [6, 6.07) is 7.91. The van der Waals surface area contributed by atoms with Crippen molar-refractivity contribution < 1.29 is 9.18 Å². The number of aromatic nitrogens is 1. The van der Waals surface area contributed by atoms with E-state index in [1.54, 1.807) is 36.7 Å². The number of hydrogen-bond acceptors (Lipinski definition) is 2. The van der Waals surface area contributed by atoms with E-state index in [-0.39, 0.29) is 18.0 Å². The monoisotopic (exact) mass is 293 g/mol. The van der Waals surface area contributed by atoms with E-state index in [2.05, 4.69) is 20.9 Å². The van der Waals surface area contributed by atoms with E-state index in [0.29, 0.717) is 10.0 Å². The van der Waals surface area contributed by atoms with Crippen LogP contribution in [0.3, 0.4) is 0 Å². The van der Waals surface area contributed by atoms with Crippen LogP contribution in [0.4, 0.5) is 4.39 Å². The van der Waals surface area contributed by atoms with Crippen molar-refractivity contribution in [3.63, 3.8) is 0 Å². The van der Waals surface area contributed by atoms with Crippen LogP contribution in [0.25, 0.3) is 0 Å². The van der Waals surface area contributed by atoms with Gasteiger partial charge in [-0.05, 0) is 45.8 Å². The summed E-state index contributed by atoms with van der Waals surface area (Å²) in [6.07, 6.45) is 3.41. The molecule has 0 aliphatic carbocycles. The van der Waals surface area contributed by atoms with E-state index < -0.39 is 0 Å². The second-order valence-corrected chi connectivity index (χ2v) is 4.44. The molecule has 2 aromatic rings. The lowest BCUT2D eigenvalue weighted by atomic mass is 10.0. The fourth-order valence-corrected chi connectivity index (χ4v) is 1.90. The zero-order valence-corrected chi connectivity index (χ0v) is 10.4. The van der Waals surface area contributed by atoms with Gasteiger partial charge >= 0.3 is 0 Å². The maximum atomic E-state index is 13.0. The fourth-order valence-electron chi connectivity index (χ4n) is 1.47. The molecule has 1 aromatic heterocycles. The number of benzene rings is 1. The predicted molar refractivity (Wildman–Crippen MR) is 66.4 cm³/mol. The molecule has 0 saturated carbocycles. The normalized spacial score (nSPS) is 10.2. The lowest BCUT2D eigenvalue weighted by Gasteiger charge is -2.02. The molecule has 1 heterocycles. The van der Waals surface area contributed by atoms with Crippen LogP contribution >= 0.6 is 15.9 Å². The minimum atomic E-state index is -0.329. The molecule has 86 valence electrons. The van der Waals surface area contributed by atoms with Crippen LogP contribution in [0.5, 0.6) is 0 Å². The van der Waals surface area contributed by atoms with Crippen molar-refractivity contribution in [2.75, 3.05) is 0 Å². The third-order valence-corrected chi connectivity index (χ3v) is 2.96. The molecule has 0 spiro atoms. The minimum absolute atomic E-state index is 0.00842. The quantitative estimate of drug-likeness (QED) is 0.812. The second kappa shape index (κ2) is 5.19. The summed E-state index contributed by atoms with van der Waals surface area (Å²) >= 11 is 3.10. The number of rotatable bonds is 3. The van der Waals surface area contributed by atoms with Crippen molar-refractivity contribution in [1.29, 1.82) is 0 Å². The SMILES string of the molecule is O=C(Cc1ccc(F)c(Br)c1)c1ccncc1. The van der Waals surface area contributed by atoms with Crippen molar-refractivity contribution in [2.45, 2.75) is 6.42 Å². The van der Waals surface area contributed by atoms with E-state index in [1.165, 1.54) is 6.07 Å². The smallest absolute Gasteiger partial charge is 0.167 e. The Morgan fingerprint density at radius 3 is 2.59 bits per heavy atom. The summed E-state index contributed by atoms with van der Waals surface area (Å²) in [5.74, 6) is -0.337. The van der Waals surface area contributed by atoms with Crippen molar-refractivity contribution in [1.82, 2.24) is 4.98 Å². The summed E-state index contributed by atoms with van der Waals surface area (Å²) in [7, 11) is 0. The fraction of sp³-hybridized carbons (Fsp3) is 0.0769. The summed E-state index contributed by atoms with van der Waals surface area (Å²) in [4.78, 5) is 15.7. The maximum absolute atomic E-state index is 13.0. The van der Waals surface area contributed by atoms with Gasteiger partial charge in [-0.15, -0.1) is 0 Å². The van der Waals surface area contributed by atoms with Crippen molar-refractivity contribution in [2.24, 2.45) is 0 Å². The number of ketones is 1. The largest absolute Gasteiger partial charge is 0.294 e. The molecule has 0 fully saturated rings. The third-order valence-electron chi connectivity index (χ3n) is 2.35. The third kappa shape index (κ3) is 2.97. The van der Waals surface area contributed by atoms with Crippen LogP contribution in [0.2, 0.25) is 0 Å². The molecule has 0 unspecified atom stereocenters. The van der Waals surface area contributed by atoms with Gasteiger partial charge in [0.25, 0.3) is 0 Å². The summed E-state index contributed by atoms with van der Waals surface area (Å²) in [5.41, 5.74) is 1.39. The Hall–Kier alpha value is -1.55. The number of nitrogens with zero attached hydrogens (tertiary/aromatic N) is 1. The molecule has 0 bridgehead atoms. The van der Waals surface area contributed by atoms with Gasteiger partial charge in [-0.2, -0.15) is 0 Å². The molecular weight excluding hydrogens is 285 g/mol. The Balaban J connectivity index is 2.16. The van der Waals surface area contributed by atoms with Crippen LogP contribution in [0.15, 0.2) is 47.2 Å². The van der Waals surface area contributed by atoms with Gasteiger partial charge in [0.05, 0.1) is 4.47 Å². The van der Waals surface area contributed by atoms with Crippen LogP contribution in [-0.4, -0.2) is 10.8 Å². The van der Waals surface area contributed by atoms with Gasteiger partial charge in [0.2, 0.25) is 0 Å². The summed E-state index contributed by atoms with van der Waals surface area (Å²) in [5, 5.41) is 0. The van der Waals surface area contributed by atoms with Crippen molar-refractivity contribution >= 4 is 21.7 Å². The Kier molecular flexibility index (Phi) is 3.64. The molecule has 1 aromatic carbocycles. The molecule has 0 N–H and O–H groups in total. The van der Waals surface area contributed by atoms with Gasteiger partial charge in [-0.1, -0.05) is 6.07 Å². The van der Waals surface area contributed by atoms with Gasteiger partial charge in [-0.25, -0.2) is 4.39 Å². The van der Waals surface area contributed by atoms with E-state index in [4.69, 9.17) is 0 Å². The van der Waals surface area contributed by atoms with E-state index in [1.807, 2.05) is 0 Å². The highest BCUT2D eigenvalue weighted by Gasteiger charge is 2.08. The zero-order chi connectivity index (χ0) is 12.3. The minimum Gasteiger partial charge on any atom is -0.294 e. The average Bonchev–Trinajstić information content (AvgIpc) is 2.35. The van der Waals surface area contributed by atoms with Crippen molar-refractivity contribution in [3.05, 3.63) is 64.1 Å². The van der Waals surface area contributed by atoms with Gasteiger partial charge in [-0.3, -0.25) is 9.78 Å². The Labute approximate surface area is 107 Å². The molecule has 4 heteroatoms. The molecule has 0 saturated heterocycles. The van der Waals surface area contributed by atoms with E-state index in [0.717, 1.165) is 5.56 Å². The van der Waals surface area contributed by atoms with Crippen LogP contribution in [0.1, 0.15) is 15.9 Å². The molecule has 0 radical (unpaired) electrons. The molecule has 17 heavy (non-hydrogen) atoms. The van der Waals surface area contributed by atoms with Gasteiger partial charge in [0, 0.05) is 24.4 Å². The maximum Gasteiger partial charge on any atom is 0.167 e. The number of hydrogen-bond donors (Lipinski definition) is 0. The number of Topliss-reactive ketones (excluding diaryl/α,β-unsaturated/α-hetero) is 1. The van der Waals surface area contributed by atoms with E-state index >= 15 is 0 Å². The summed E-state index contributed by atoms with van der Waals surface area (Å²) in [6.45, 7) is 0. The lowest BCUT2D eigenvalue weighted by Crippen LogP contribution is -2.03. The molecule has 0 aliphatic heterocycles. The molecule has 0 amide bonds. The first-order valence-electron chi connectivity index (χ1n) is 5.04. The average molecular weight is 294 g/mol. The second-order valence-electron chi connectivity index (χ2n) is 3.58. The Bertz CT molecular complexity index is 542. The van der Waals surface area contributed by atoms with Gasteiger partial charge in [0.15, 0.2) is 5.78 Å². The Morgan fingerprint density at radius 1 is 1.24 bits per heavy atom. The highest BCUT2D eigenvalue weighted by atomic mass is 79.9. The topological polar surface area (TPSA) is 30.0 Å². The van der Waals surface area contributed by atoms with Gasteiger partial charge < -0.3 is 0 Å². The first-order valence-corrected chi connectivity index (χ1v) is 5.83. The number of carbonyl (C=O) groups is 1. The standard InChI is InChI=1S/C13H9BrFNO/c14-11-7-9(1-2-12(11)15)8-13(17)10-3-5-16-6-4-10/h1-7H,8H2. The van der Waals surface area contributed by atoms with Gasteiger partial charge in [0.1, 0.15) is 5.82 Å². The first-order chi connectivity index (χ1) is 8.16. The number of carbonyl (C=O) groups excluding carboxylic acids is 1. The summed E-state index contributed by atoms with van der Waals surface area (Å²) < 4.78 is 13.4. The molecule has 0 aliphatic rings. The number of halogens is 2. The van der Waals surface area contributed by atoms with Crippen LogP contribution in [0, 0.1) is 5.82 Å². The van der Waals surface area contributed by atoms with Crippen molar-refractivity contribution in [3.8, 4) is 0 Å². The van der Waals surface area contributed by atoms with Crippen LogP contribution < -0.4 is 0 Å². The van der Waals surface area contributed by atoms with E-state index in [9.17, 15) is 9.18 Å². The molecule has 2 rings (SSSR count). The molecular formula is C13H9BrFNO. The molecule has 0 atom stereocenters. The number of pyridine rings is 1. The highest BCUT2D eigenvalue weighted by Crippen LogP contribution is 2.18. The predicted octanol–water partition coefficient (Wildman–Crippen LogP) is 3.41. The van der Waals surface area contributed by atoms with Crippen LogP contribution in [-0.2, 0) is 6.42 Å². The molecule has 2 nitrogen and oxygen atoms in total. The highest BCUT2D eigenvalue weighted by molar-refractivity contribution is 9.10.